The van der Waals surface area contributed by atoms with E-state index < -0.39 is 21.8 Å². The fourth-order valence-electron chi connectivity index (χ4n) is 3.56. The van der Waals surface area contributed by atoms with Gasteiger partial charge in [0.2, 0.25) is 10.0 Å². The molecule has 0 aliphatic carbocycles. The minimum absolute atomic E-state index is 0.387. The van der Waals surface area contributed by atoms with Crippen molar-refractivity contribution >= 4 is 33.2 Å². The second kappa shape index (κ2) is 9.30. The monoisotopic (exact) mass is 429 g/mol. The maximum atomic E-state index is 12.5. The van der Waals surface area contributed by atoms with Gasteiger partial charge in [0.25, 0.3) is 0 Å². The van der Waals surface area contributed by atoms with Crippen LogP contribution in [-0.4, -0.2) is 44.5 Å². The maximum Gasteiger partial charge on any atom is 0.313 e. The maximum absolute atomic E-state index is 12.5. The Bertz CT molecular complexity index is 994. The number of hydrogen-bond acceptors (Lipinski definition) is 4. The molecule has 2 amide bonds. The summed E-state index contributed by atoms with van der Waals surface area (Å²) < 4.78 is 24.8. The zero-order valence-corrected chi connectivity index (χ0v) is 18.0. The van der Waals surface area contributed by atoms with Crippen LogP contribution in [0.25, 0.3) is 0 Å². The number of rotatable bonds is 5. The molecule has 7 nitrogen and oxygen atoms in total. The molecule has 0 aromatic heterocycles. The highest BCUT2D eigenvalue weighted by molar-refractivity contribution is 7.92. The highest BCUT2D eigenvalue weighted by Gasteiger charge is 2.27. The van der Waals surface area contributed by atoms with Crippen LogP contribution in [-0.2, 0) is 26.0 Å². The summed E-state index contributed by atoms with van der Waals surface area (Å²) in [5.41, 5.74) is 3.36. The number of anilines is 2. The minimum atomic E-state index is -3.37. The second-order valence-electron chi connectivity index (χ2n) is 7.83. The third-order valence-electron chi connectivity index (χ3n) is 5.19. The van der Waals surface area contributed by atoms with Crippen LogP contribution in [0.1, 0.15) is 24.0 Å². The van der Waals surface area contributed by atoms with E-state index >= 15 is 0 Å². The fraction of sp³-hybridized carbons (Fsp3) is 0.364. The van der Waals surface area contributed by atoms with E-state index in [1.54, 1.807) is 17.0 Å². The van der Waals surface area contributed by atoms with E-state index in [0.717, 1.165) is 25.5 Å². The zero-order valence-electron chi connectivity index (χ0n) is 17.2. The van der Waals surface area contributed by atoms with Gasteiger partial charge in [-0.2, -0.15) is 0 Å². The molecule has 0 radical (unpaired) electrons. The summed E-state index contributed by atoms with van der Waals surface area (Å²) in [6, 6.07) is 14.7. The molecule has 1 fully saturated rings. The van der Waals surface area contributed by atoms with Gasteiger partial charge in [-0.1, -0.05) is 29.8 Å². The molecule has 2 N–H and O–H groups in total. The second-order valence-corrected chi connectivity index (χ2v) is 9.58. The molecule has 1 heterocycles. The summed E-state index contributed by atoms with van der Waals surface area (Å²) in [5.74, 6) is -0.715. The van der Waals surface area contributed by atoms with Crippen LogP contribution in [0, 0.1) is 12.8 Å². The topological polar surface area (TPSA) is 95.6 Å². The Kier molecular flexibility index (Phi) is 6.77. The highest BCUT2D eigenvalue weighted by atomic mass is 32.2. The minimum Gasteiger partial charge on any atom is -0.334 e. The van der Waals surface area contributed by atoms with Crippen LogP contribution >= 0.6 is 0 Å². The molecule has 0 atom stereocenters. The quantitative estimate of drug-likeness (QED) is 0.715. The average molecular weight is 430 g/mol. The molecule has 160 valence electrons. The summed E-state index contributed by atoms with van der Waals surface area (Å²) in [6.07, 6.45) is 3.80. The molecule has 0 spiro atoms. The largest absolute Gasteiger partial charge is 0.334 e. The van der Waals surface area contributed by atoms with E-state index in [2.05, 4.69) is 41.2 Å². The molecule has 3 rings (SSSR count). The number of nitrogens with zero attached hydrogens (tertiary/aromatic N) is 1. The normalized spacial score (nSPS) is 14.9. The van der Waals surface area contributed by atoms with Crippen LogP contribution in [0.2, 0.25) is 0 Å². The van der Waals surface area contributed by atoms with Gasteiger partial charge in [-0.3, -0.25) is 14.3 Å². The predicted molar refractivity (Wildman–Crippen MR) is 118 cm³/mol. The van der Waals surface area contributed by atoms with Crippen LogP contribution < -0.4 is 10.0 Å². The van der Waals surface area contributed by atoms with E-state index in [1.807, 2.05) is 0 Å². The molecule has 1 aliphatic heterocycles. The lowest BCUT2D eigenvalue weighted by Crippen LogP contribution is -2.44. The van der Waals surface area contributed by atoms with Gasteiger partial charge in [0.1, 0.15) is 0 Å². The van der Waals surface area contributed by atoms with Crippen molar-refractivity contribution < 1.29 is 18.0 Å². The number of nitrogens with one attached hydrogen (secondary N) is 2. The first kappa shape index (κ1) is 21.8. The molecular weight excluding hydrogens is 402 g/mol. The molecule has 0 saturated carbocycles. The predicted octanol–water partition coefficient (Wildman–Crippen LogP) is 2.79. The standard InChI is InChI=1S/C22H27N3O4S/c1-16-3-5-17(6-4-16)15-18-11-13-25(14-12-18)22(27)21(26)23-19-7-9-20(10-8-19)24-30(2,28)29/h3-10,18,24H,11-15H2,1-2H3,(H,23,26). The molecular formula is C22H27N3O4S. The first-order chi connectivity index (χ1) is 14.2. The number of aryl methyl sites for hydroxylation is 1. The van der Waals surface area contributed by atoms with Gasteiger partial charge >= 0.3 is 11.8 Å². The smallest absolute Gasteiger partial charge is 0.313 e. The molecule has 0 unspecified atom stereocenters. The van der Waals surface area contributed by atoms with Gasteiger partial charge < -0.3 is 10.2 Å². The number of piperidine rings is 1. The van der Waals surface area contributed by atoms with Crippen LogP contribution in [0.15, 0.2) is 48.5 Å². The summed E-state index contributed by atoms with van der Waals surface area (Å²) in [7, 11) is -3.37. The Morgan fingerprint density at radius 3 is 2.10 bits per heavy atom. The Balaban J connectivity index is 1.48. The summed E-state index contributed by atoms with van der Waals surface area (Å²) in [4.78, 5) is 26.4. The number of benzene rings is 2. The number of likely N-dealkylation sites (tertiary alicyclic amines) is 1. The van der Waals surface area contributed by atoms with Crippen LogP contribution in [0.3, 0.4) is 0 Å². The number of amides is 2. The van der Waals surface area contributed by atoms with Crippen LogP contribution in [0.5, 0.6) is 0 Å². The van der Waals surface area contributed by atoms with Crippen molar-refractivity contribution in [1.82, 2.24) is 4.90 Å². The summed E-state index contributed by atoms with van der Waals surface area (Å²) >= 11 is 0. The van der Waals surface area contributed by atoms with Crippen molar-refractivity contribution in [3.8, 4) is 0 Å². The molecule has 30 heavy (non-hydrogen) atoms. The van der Waals surface area contributed by atoms with Crippen molar-refractivity contribution in [3.05, 3.63) is 59.7 Å². The van der Waals surface area contributed by atoms with Gasteiger partial charge in [0.15, 0.2) is 0 Å². The fourth-order valence-corrected chi connectivity index (χ4v) is 4.13. The van der Waals surface area contributed by atoms with E-state index in [4.69, 9.17) is 0 Å². The highest BCUT2D eigenvalue weighted by Crippen LogP contribution is 2.22. The SMILES string of the molecule is Cc1ccc(CC2CCN(C(=O)C(=O)Nc3ccc(NS(C)(=O)=O)cc3)CC2)cc1. The lowest BCUT2D eigenvalue weighted by molar-refractivity contribution is -0.144. The number of hydrogen-bond donors (Lipinski definition) is 2. The molecule has 2 aromatic carbocycles. The zero-order chi connectivity index (χ0) is 21.7. The lowest BCUT2D eigenvalue weighted by Gasteiger charge is -2.31. The molecule has 8 heteroatoms. The molecule has 2 aromatic rings. The van der Waals surface area contributed by atoms with Gasteiger partial charge in [0.05, 0.1) is 6.26 Å². The van der Waals surface area contributed by atoms with Crippen molar-refractivity contribution in [2.75, 3.05) is 29.4 Å². The molecule has 1 aliphatic rings. The van der Waals surface area contributed by atoms with E-state index in [-0.39, 0.29) is 0 Å². The van der Waals surface area contributed by atoms with Gasteiger partial charge in [-0.05, 0) is 61.9 Å². The lowest BCUT2D eigenvalue weighted by atomic mass is 9.90. The number of carbonyl (C=O) groups excluding carboxylic acids is 2. The van der Waals surface area contributed by atoms with Crippen molar-refractivity contribution in [1.29, 1.82) is 0 Å². The van der Waals surface area contributed by atoms with Crippen LogP contribution in [0.4, 0.5) is 11.4 Å². The Hall–Kier alpha value is -2.87. The third-order valence-corrected chi connectivity index (χ3v) is 5.79. The van der Waals surface area contributed by atoms with Crippen molar-refractivity contribution in [2.45, 2.75) is 26.2 Å². The van der Waals surface area contributed by atoms with E-state index in [9.17, 15) is 18.0 Å². The summed E-state index contributed by atoms with van der Waals surface area (Å²) in [6.45, 7) is 3.21. The van der Waals surface area contributed by atoms with Crippen molar-refractivity contribution in [2.24, 2.45) is 5.92 Å². The van der Waals surface area contributed by atoms with Crippen molar-refractivity contribution in [3.63, 3.8) is 0 Å². The first-order valence-corrected chi connectivity index (χ1v) is 11.8. The van der Waals surface area contributed by atoms with Gasteiger partial charge in [0, 0.05) is 24.5 Å². The third kappa shape index (κ3) is 6.32. The summed E-state index contributed by atoms with van der Waals surface area (Å²) in [5, 5.41) is 2.58. The van der Waals surface area contributed by atoms with Gasteiger partial charge in [-0.15, -0.1) is 0 Å². The number of sulfonamides is 1. The van der Waals surface area contributed by atoms with E-state index in [0.29, 0.717) is 30.4 Å². The molecule has 1 saturated heterocycles. The first-order valence-electron chi connectivity index (χ1n) is 9.93. The number of carbonyl (C=O) groups is 2. The Morgan fingerprint density at radius 1 is 0.967 bits per heavy atom. The molecule has 0 bridgehead atoms. The Morgan fingerprint density at radius 2 is 1.53 bits per heavy atom. The Labute approximate surface area is 177 Å². The van der Waals surface area contributed by atoms with E-state index in [1.165, 1.54) is 23.3 Å². The van der Waals surface area contributed by atoms with Gasteiger partial charge in [-0.25, -0.2) is 8.42 Å². The average Bonchev–Trinajstić information content (AvgIpc) is 2.70.